The lowest BCUT2D eigenvalue weighted by Gasteiger charge is -2.35. The Kier molecular flexibility index (Phi) is 3.78. The summed E-state index contributed by atoms with van der Waals surface area (Å²) in [5.74, 6) is 0.141. The van der Waals surface area contributed by atoms with E-state index in [4.69, 9.17) is 0 Å². The number of likely N-dealkylation sites (tertiary alicyclic amines) is 1. The van der Waals surface area contributed by atoms with Crippen molar-refractivity contribution >= 4 is 5.91 Å². The lowest BCUT2D eigenvalue weighted by molar-refractivity contribution is -0.127. The Morgan fingerprint density at radius 2 is 2.05 bits per heavy atom. The third kappa shape index (κ3) is 2.78. The summed E-state index contributed by atoms with van der Waals surface area (Å²) >= 11 is 0. The van der Waals surface area contributed by atoms with Gasteiger partial charge in [0.15, 0.2) is 0 Å². The molecule has 0 aromatic rings. The fourth-order valence-corrected chi connectivity index (χ4v) is 3.46. The molecule has 108 valence electrons. The predicted molar refractivity (Wildman–Crippen MR) is 72.8 cm³/mol. The first-order chi connectivity index (χ1) is 9.24. The minimum absolute atomic E-state index is 0.0344. The van der Waals surface area contributed by atoms with Gasteiger partial charge in [0.2, 0.25) is 5.91 Å². The van der Waals surface area contributed by atoms with Crippen molar-refractivity contribution < 1.29 is 9.90 Å². The van der Waals surface area contributed by atoms with Crippen LogP contribution in [0.1, 0.15) is 38.5 Å². The number of aliphatic hydroxyl groups excluding tert-OH is 1. The molecule has 3 N–H and O–H groups in total. The number of hydrogen-bond donors (Lipinski definition) is 3. The van der Waals surface area contributed by atoms with Crippen LogP contribution < -0.4 is 10.6 Å². The third-order valence-corrected chi connectivity index (χ3v) is 4.92. The lowest BCUT2D eigenvalue weighted by atomic mass is 10.0. The minimum atomic E-state index is -0.278. The summed E-state index contributed by atoms with van der Waals surface area (Å²) in [6, 6.07) is 0.593. The van der Waals surface area contributed by atoms with E-state index in [9.17, 15) is 9.90 Å². The number of hydrogen-bond acceptors (Lipinski definition) is 4. The van der Waals surface area contributed by atoms with Gasteiger partial charge >= 0.3 is 0 Å². The molecule has 1 atom stereocenters. The van der Waals surface area contributed by atoms with Crippen molar-refractivity contribution in [2.45, 2.75) is 56.1 Å². The van der Waals surface area contributed by atoms with E-state index in [-0.39, 0.29) is 24.1 Å². The van der Waals surface area contributed by atoms with Crippen molar-refractivity contribution in [3.8, 4) is 0 Å². The Hall–Kier alpha value is -0.650. The molecule has 0 aromatic carbocycles. The van der Waals surface area contributed by atoms with Crippen molar-refractivity contribution in [1.29, 1.82) is 0 Å². The monoisotopic (exact) mass is 267 g/mol. The van der Waals surface area contributed by atoms with Crippen LogP contribution in [-0.4, -0.2) is 59.8 Å². The summed E-state index contributed by atoms with van der Waals surface area (Å²) in [5.41, 5.74) is -0.278. The van der Waals surface area contributed by atoms with Crippen LogP contribution in [0.5, 0.6) is 0 Å². The van der Waals surface area contributed by atoms with Gasteiger partial charge in [-0.2, -0.15) is 0 Å². The molecule has 3 fully saturated rings. The van der Waals surface area contributed by atoms with Gasteiger partial charge in [-0.05, 0) is 58.2 Å². The SMILES string of the molecule is O=C(NC1(CO)CC1)C1CCCN1C1CCNCC1. The molecule has 1 unspecified atom stereocenters. The Balaban J connectivity index is 1.60. The fraction of sp³-hybridized carbons (Fsp3) is 0.929. The van der Waals surface area contributed by atoms with Gasteiger partial charge in [0.25, 0.3) is 0 Å². The van der Waals surface area contributed by atoms with E-state index >= 15 is 0 Å². The van der Waals surface area contributed by atoms with Crippen LogP contribution in [0.3, 0.4) is 0 Å². The Morgan fingerprint density at radius 3 is 2.68 bits per heavy atom. The minimum Gasteiger partial charge on any atom is -0.394 e. The summed E-state index contributed by atoms with van der Waals surface area (Å²) in [4.78, 5) is 14.8. The summed E-state index contributed by atoms with van der Waals surface area (Å²) < 4.78 is 0. The summed E-state index contributed by atoms with van der Waals surface area (Å²) in [6.45, 7) is 3.26. The van der Waals surface area contributed by atoms with Gasteiger partial charge in [-0.3, -0.25) is 9.69 Å². The Labute approximate surface area is 114 Å². The van der Waals surface area contributed by atoms with Gasteiger partial charge in [-0.1, -0.05) is 0 Å². The second-order valence-corrected chi connectivity index (χ2v) is 6.30. The van der Waals surface area contributed by atoms with Gasteiger partial charge in [-0.15, -0.1) is 0 Å². The second kappa shape index (κ2) is 5.38. The van der Waals surface area contributed by atoms with Crippen molar-refractivity contribution in [2.75, 3.05) is 26.2 Å². The number of carbonyl (C=O) groups is 1. The first-order valence-corrected chi connectivity index (χ1v) is 7.63. The van der Waals surface area contributed by atoms with Crippen LogP contribution >= 0.6 is 0 Å². The highest BCUT2D eigenvalue weighted by Crippen LogP contribution is 2.35. The number of nitrogens with zero attached hydrogens (tertiary/aromatic N) is 1. The highest BCUT2D eigenvalue weighted by atomic mass is 16.3. The molecule has 1 aliphatic carbocycles. The van der Waals surface area contributed by atoms with E-state index in [0.29, 0.717) is 6.04 Å². The molecule has 2 heterocycles. The largest absolute Gasteiger partial charge is 0.394 e. The normalized spacial score (nSPS) is 31.3. The summed E-state index contributed by atoms with van der Waals surface area (Å²) in [7, 11) is 0. The van der Waals surface area contributed by atoms with Crippen LogP contribution in [0.4, 0.5) is 0 Å². The number of aliphatic hydroxyl groups is 1. The van der Waals surface area contributed by atoms with Crippen LogP contribution in [-0.2, 0) is 4.79 Å². The predicted octanol–water partition coefficient (Wildman–Crippen LogP) is -0.156. The zero-order valence-electron chi connectivity index (χ0n) is 11.5. The van der Waals surface area contributed by atoms with Crippen LogP contribution in [0.25, 0.3) is 0 Å². The fourth-order valence-electron chi connectivity index (χ4n) is 3.46. The van der Waals surface area contributed by atoms with Crippen LogP contribution in [0.2, 0.25) is 0 Å². The summed E-state index contributed by atoms with van der Waals surface area (Å²) in [5, 5.41) is 15.8. The number of amides is 1. The van der Waals surface area contributed by atoms with E-state index in [1.807, 2.05) is 0 Å². The zero-order chi connectivity index (χ0) is 13.3. The van der Waals surface area contributed by atoms with E-state index in [0.717, 1.165) is 58.2 Å². The average molecular weight is 267 g/mol. The first kappa shape index (κ1) is 13.3. The maximum atomic E-state index is 12.4. The molecule has 19 heavy (non-hydrogen) atoms. The molecule has 1 saturated carbocycles. The molecule has 2 aliphatic heterocycles. The van der Waals surface area contributed by atoms with Crippen molar-refractivity contribution in [3.05, 3.63) is 0 Å². The van der Waals surface area contributed by atoms with Crippen molar-refractivity contribution in [2.24, 2.45) is 0 Å². The third-order valence-electron chi connectivity index (χ3n) is 4.92. The van der Waals surface area contributed by atoms with E-state index in [2.05, 4.69) is 15.5 Å². The van der Waals surface area contributed by atoms with Crippen molar-refractivity contribution in [3.63, 3.8) is 0 Å². The molecule has 0 bridgehead atoms. The molecule has 5 nitrogen and oxygen atoms in total. The smallest absolute Gasteiger partial charge is 0.237 e. The van der Waals surface area contributed by atoms with E-state index in [1.54, 1.807) is 0 Å². The average Bonchev–Trinajstić information content (AvgIpc) is 3.04. The van der Waals surface area contributed by atoms with Gasteiger partial charge in [0, 0.05) is 6.04 Å². The van der Waals surface area contributed by atoms with Gasteiger partial charge in [0.05, 0.1) is 18.2 Å². The molecule has 3 aliphatic rings. The Morgan fingerprint density at radius 1 is 1.32 bits per heavy atom. The summed E-state index contributed by atoms with van der Waals surface area (Å²) in [6.07, 6.45) is 6.24. The quantitative estimate of drug-likeness (QED) is 0.662. The number of rotatable bonds is 4. The van der Waals surface area contributed by atoms with Gasteiger partial charge in [0.1, 0.15) is 0 Å². The first-order valence-electron chi connectivity index (χ1n) is 7.63. The molecule has 5 heteroatoms. The molecular formula is C14H25N3O2. The molecule has 0 aromatic heterocycles. The van der Waals surface area contributed by atoms with Crippen molar-refractivity contribution in [1.82, 2.24) is 15.5 Å². The topological polar surface area (TPSA) is 64.6 Å². The molecular weight excluding hydrogens is 242 g/mol. The second-order valence-electron chi connectivity index (χ2n) is 6.30. The molecule has 3 rings (SSSR count). The van der Waals surface area contributed by atoms with Gasteiger partial charge in [-0.25, -0.2) is 0 Å². The molecule has 0 radical (unpaired) electrons. The standard InChI is InChI=1S/C14H25N3O2/c18-10-14(5-6-14)16-13(19)12-2-1-9-17(12)11-3-7-15-8-4-11/h11-12,15,18H,1-10H2,(H,16,19). The lowest BCUT2D eigenvalue weighted by Crippen LogP contribution is -2.53. The molecule has 1 amide bonds. The maximum absolute atomic E-state index is 12.4. The van der Waals surface area contributed by atoms with E-state index < -0.39 is 0 Å². The number of piperidine rings is 1. The van der Waals surface area contributed by atoms with E-state index in [1.165, 1.54) is 0 Å². The maximum Gasteiger partial charge on any atom is 0.237 e. The Bertz CT molecular complexity index is 338. The molecule has 2 saturated heterocycles. The van der Waals surface area contributed by atoms with Gasteiger partial charge < -0.3 is 15.7 Å². The molecule has 0 spiro atoms. The van der Waals surface area contributed by atoms with Crippen LogP contribution in [0, 0.1) is 0 Å². The number of carbonyl (C=O) groups excluding carboxylic acids is 1. The zero-order valence-corrected chi connectivity index (χ0v) is 11.5. The number of nitrogens with one attached hydrogen (secondary N) is 2. The highest BCUT2D eigenvalue weighted by molar-refractivity contribution is 5.83. The highest BCUT2D eigenvalue weighted by Gasteiger charge is 2.46. The van der Waals surface area contributed by atoms with Crippen LogP contribution in [0.15, 0.2) is 0 Å².